The molecule has 140 valence electrons. The molecule has 1 atom stereocenters. The van der Waals surface area contributed by atoms with E-state index in [1.54, 1.807) is 6.07 Å². The Hall–Kier alpha value is -1.96. The lowest BCUT2D eigenvalue weighted by Crippen LogP contribution is -2.35. The molecule has 2 aromatic carbocycles. The van der Waals surface area contributed by atoms with Gasteiger partial charge in [-0.2, -0.15) is 0 Å². The maximum absolute atomic E-state index is 13.3. The van der Waals surface area contributed by atoms with Crippen molar-refractivity contribution in [1.82, 2.24) is 9.62 Å². The summed E-state index contributed by atoms with van der Waals surface area (Å²) in [5.41, 5.74) is 2.61. The first-order valence-electron chi connectivity index (χ1n) is 8.48. The van der Waals surface area contributed by atoms with Crippen LogP contribution in [-0.2, 0) is 22.2 Å². The van der Waals surface area contributed by atoms with Crippen LogP contribution in [0.15, 0.2) is 42.5 Å². The lowest BCUT2D eigenvalue weighted by molar-refractivity contribution is 0.299. The van der Waals surface area contributed by atoms with Crippen LogP contribution < -0.4 is 9.46 Å². The molecule has 0 aromatic heterocycles. The summed E-state index contributed by atoms with van der Waals surface area (Å²) in [5, 5.41) is 0. The number of fused-ring (bicyclic) bond motifs is 1. The number of halogens is 1. The number of nitrogens with zero attached hydrogens (tertiary/aromatic N) is 1. The molecule has 0 fully saturated rings. The predicted octanol–water partition coefficient (Wildman–Crippen LogP) is 2.48. The van der Waals surface area contributed by atoms with E-state index in [-0.39, 0.29) is 18.3 Å². The SMILES string of the molecule is CN(C)C(CNS(=O)(=O)Cc1cccc(F)c1)c1ccc2c(c1)CCO2. The Balaban J connectivity index is 1.70. The summed E-state index contributed by atoms with van der Waals surface area (Å²) in [6.07, 6.45) is 0.870. The highest BCUT2D eigenvalue weighted by molar-refractivity contribution is 7.88. The summed E-state index contributed by atoms with van der Waals surface area (Å²) in [6, 6.07) is 11.5. The zero-order chi connectivity index (χ0) is 18.7. The molecule has 1 N–H and O–H groups in total. The van der Waals surface area contributed by atoms with Crippen LogP contribution in [0.2, 0.25) is 0 Å². The molecule has 0 spiro atoms. The number of sulfonamides is 1. The Labute approximate surface area is 153 Å². The van der Waals surface area contributed by atoms with Crippen molar-refractivity contribution in [3.63, 3.8) is 0 Å². The van der Waals surface area contributed by atoms with Gasteiger partial charge < -0.3 is 9.64 Å². The number of rotatable bonds is 7. The van der Waals surface area contributed by atoms with Crippen LogP contribution in [0.3, 0.4) is 0 Å². The van der Waals surface area contributed by atoms with Gasteiger partial charge in [0.05, 0.1) is 12.4 Å². The van der Waals surface area contributed by atoms with Crippen molar-refractivity contribution in [2.45, 2.75) is 18.2 Å². The average Bonchev–Trinajstić information content (AvgIpc) is 3.02. The highest BCUT2D eigenvalue weighted by Gasteiger charge is 2.21. The van der Waals surface area contributed by atoms with Gasteiger partial charge in [-0.1, -0.05) is 24.3 Å². The molecule has 1 aliphatic rings. The predicted molar refractivity (Wildman–Crippen MR) is 99.1 cm³/mol. The molecule has 0 aliphatic carbocycles. The molecule has 26 heavy (non-hydrogen) atoms. The van der Waals surface area contributed by atoms with Crippen LogP contribution in [-0.4, -0.2) is 40.6 Å². The Kier molecular flexibility index (Phi) is 5.60. The number of hydrogen-bond donors (Lipinski definition) is 1. The molecule has 1 aliphatic heterocycles. The fraction of sp³-hybridized carbons (Fsp3) is 0.368. The maximum Gasteiger partial charge on any atom is 0.215 e. The Bertz CT molecular complexity index is 884. The molecule has 0 saturated heterocycles. The average molecular weight is 378 g/mol. The van der Waals surface area contributed by atoms with Crippen molar-refractivity contribution < 1.29 is 17.5 Å². The molecule has 5 nitrogen and oxygen atoms in total. The van der Waals surface area contributed by atoms with Gasteiger partial charge in [0.15, 0.2) is 0 Å². The minimum absolute atomic E-state index is 0.108. The van der Waals surface area contributed by atoms with Crippen molar-refractivity contribution >= 4 is 10.0 Å². The lowest BCUT2D eigenvalue weighted by Gasteiger charge is -2.25. The molecule has 0 bridgehead atoms. The maximum atomic E-state index is 13.3. The second kappa shape index (κ2) is 7.73. The Morgan fingerprint density at radius 2 is 2.04 bits per heavy atom. The molecule has 2 aromatic rings. The molecule has 0 radical (unpaired) electrons. The zero-order valence-electron chi connectivity index (χ0n) is 14.9. The summed E-state index contributed by atoms with van der Waals surface area (Å²) in [4.78, 5) is 1.97. The third-order valence-electron chi connectivity index (χ3n) is 4.46. The van der Waals surface area contributed by atoms with Gasteiger partial charge in [0, 0.05) is 19.0 Å². The number of nitrogens with one attached hydrogen (secondary N) is 1. The molecule has 7 heteroatoms. The van der Waals surface area contributed by atoms with Crippen molar-refractivity contribution in [3.8, 4) is 5.75 Å². The second-order valence-electron chi connectivity index (χ2n) is 6.68. The molecule has 0 amide bonds. The summed E-state index contributed by atoms with van der Waals surface area (Å²) in [6.45, 7) is 0.927. The lowest BCUT2D eigenvalue weighted by atomic mass is 10.0. The summed E-state index contributed by atoms with van der Waals surface area (Å²) in [7, 11) is 0.256. The molecule has 0 saturated carbocycles. The van der Waals surface area contributed by atoms with Crippen LogP contribution in [0.5, 0.6) is 5.75 Å². The number of benzene rings is 2. The highest BCUT2D eigenvalue weighted by atomic mass is 32.2. The van der Waals surface area contributed by atoms with Crippen LogP contribution in [0.25, 0.3) is 0 Å². The zero-order valence-corrected chi connectivity index (χ0v) is 15.7. The normalized spacial score (nSPS) is 14.9. The second-order valence-corrected chi connectivity index (χ2v) is 8.49. The standard InChI is InChI=1S/C19H23FN2O3S/c1-22(2)18(15-6-7-19-16(11-15)8-9-25-19)12-21-26(23,24)13-14-4-3-5-17(20)10-14/h3-7,10-11,18,21H,8-9,12-13H2,1-2H3. The van der Waals surface area contributed by atoms with E-state index in [0.29, 0.717) is 12.2 Å². The van der Waals surface area contributed by atoms with Gasteiger partial charge in [0.2, 0.25) is 10.0 Å². The number of likely N-dealkylation sites (N-methyl/N-ethyl adjacent to an activating group) is 1. The Morgan fingerprint density at radius 3 is 2.77 bits per heavy atom. The van der Waals surface area contributed by atoms with E-state index in [1.165, 1.54) is 18.2 Å². The highest BCUT2D eigenvalue weighted by Crippen LogP contribution is 2.29. The fourth-order valence-corrected chi connectivity index (χ4v) is 4.25. The van der Waals surface area contributed by atoms with Gasteiger partial charge in [-0.05, 0) is 49.0 Å². The van der Waals surface area contributed by atoms with Gasteiger partial charge in [0.1, 0.15) is 11.6 Å². The van der Waals surface area contributed by atoms with Crippen LogP contribution in [0.1, 0.15) is 22.7 Å². The van der Waals surface area contributed by atoms with E-state index >= 15 is 0 Å². The van der Waals surface area contributed by atoms with Crippen molar-refractivity contribution in [3.05, 3.63) is 65.0 Å². The van der Waals surface area contributed by atoms with Crippen molar-refractivity contribution in [2.75, 3.05) is 27.2 Å². The molecule has 1 unspecified atom stereocenters. The minimum Gasteiger partial charge on any atom is -0.493 e. The van der Waals surface area contributed by atoms with Crippen LogP contribution in [0, 0.1) is 5.82 Å². The fourth-order valence-electron chi connectivity index (χ4n) is 3.12. The molecular formula is C19H23FN2O3S. The number of ether oxygens (including phenoxy) is 1. The quantitative estimate of drug-likeness (QED) is 0.804. The third kappa shape index (κ3) is 4.60. The first kappa shape index (κ1) is 18.8. The van der Waals surface area contributed by atoms with Gasteiger partial charge in [0.25, 0.3) is 0 Å². The van der Waals surface area contributed by atoms with E-state index < -0.39 is 15.8 Å². The molecule has 1 heterocycles. The van der Waals surface area contributed by atoms with E-state index in [4.69, 9.17) is 4.74 Å². The monoisotopic (exact) mass is 378 g/mol. The number of hydrogen-bond acceptors (Lipinski definition) is 4. The van der Waals surface area contributed by atoms with Gasteiger partial charge in [-0.15, -0.1) is 0 Å². The first-order valence-corrected chi connectivity index (χ1v) is 10.1. The van der Waals surface area contributed by atoms with Crippen LogP contribution >= 0.6 is 0 Å². The van der Waals surface area contributed by atoms with E-state index in [1.807, 2.05) is 31.1 Å². The Morgan fingerprint density at radius 1 is 1.23 bits per heavy atom. The van der Waals surface area contributed by atoms with Gasteiger partial charge in [-0.3, -0.25) is 0 Å². The molecular weight excluding hydrogens is 355 g/mol. The minimum atomic E-state index is -3.57. The summed E-state index contributed by atoms with van der Waals surface area (Å²) < 4.78 is 46.2. The van der Waals surface area contributed by atoms with Crippen molar-refractivity contribution in [1.29, 1.82) is 0 Å². The van der Waals surface area contributed by atoms with E-state index in [9.17, 15) is 12.8 Å². The van der Waals surface area contributed by atoms with Crippen LogP contribution in [0.4, 0.5) is 4.39 Å². The topological polar surface area (TPSA) is 58.6 Å². The largest absolute Gasteiger partial charge is 0.493 e. The summed E-state index contributed by atoms with van der Waals surface area (Å²) >= 11 is 0. The third-order valence-corrected chi connectivity index (χ3v) is 5.78. The van der Waals surface area contributed by atoms with E-state index in [2.05, 4.69) is 10.8 Å². The van der Waals surface area contributed by atoms with Crippen molar-refractivity contribution in [2.24, 2.45) is 0 Å². The summed E-state index contributed by atoms with van der Waals surface area (Å²) in [5.74, 6) is 0.213. The smallest absolute Gasteiger partial charge is 0.215 e. The van der Waals surface area contributed by atoms with E-state index in [0.717, 1.165) is 23.3 Å². The van der Waals surface area contributed by atoms with Gasteiger partial charge in [-0.25, -0.2) is 17.5 Å². The van der Waals surface area contributed by atoms with Gasteiger partial charge >= 0.3 is 0 Å². The first-order chi connectivity index (χ1) is 12.3. The molecule has 3 rings (SSSR count).